The predicted octanol–water partition coefficient (Wildman–Crippen LogP) is 4.77. The van der Waals surface area contributed by atoms with Gasteiger partial charge in [0.2, 0.25) is 0 Å². The average molecular weight is 407 g/mol. The second-order valence-electron chi connectivity index (χ2n) is 3.45. The van der Waals surface area contributed by atoms with E-state index in [1.165, 1.54) is 0 Å². The Morgan fingerprint density at radius 2 is 1.82 bits per heavy atom. The lowest BCUT2D eigenvalue weighted by molar-refractivity contribution is 0.302. The Balaban J connectivity index is 2.13. The van der Waals surface area contributed by atoms with Crippen LogP contribution in [0.25, 0.3) is 0 Å². The third kappa shape index (κ3) is 3.19. The summed E-state index contributed by atoms with van der Waals surface area (Å²) in [5, 5.41) is 0. The maximum Gasteiger partial charge on any atom is 0.154 e. The lowest BCUT2D eigenvalue weighted by Crippen LogP contribution is -1.98. The summed E-state index contributed by atoms with van der Waals surface area (Å²) in [6.45, 7) is 0.442. The molecule has 17 heavy (non-hydrogen) atoms. The van der Waals surface area contributed by atoms with Crippen molar-refractivity contribution in [3.63, 3.8) is 0 Å². The molecule has 0 saturated heterocycles. The minimum atomic E-state index is -0.281. The van der Waals surface area contributed by atoms with Crippen molar-refractivity contribution in [3.05, 3.63) is 61.9 Å². The van der Waals surface area contributed by atoms with Crippen molar-refractivity contribution in [2.45, 2.75) is 6.61 Å². The quantitative estimate of drug-likeness (QED) is 0.526. The van der Waals surface area contributed by atoms with Gasteiger partial charge >= 0.3 is 0 Å². The van der Waals surface area contributed by atoms with Gasteiger partial charge in [-0.05, 0) is 56.2 Å². The first-order valence-electron chi connectivity index (χ1n) is 4.98. The van der Waals surface area contributed by atoms with Crippen LogP contribution in [0.4, 0.5) is 4.39 Å². The second-order valence-corrected chi connectivity index (χ2v) is 5.38. The average Bonchev–Trinajstić information content (AvgIpc) is 2.36. The van der Waals surface area contributed by atoms with Crippen molar-refractivity contribution in [1.29, 1.82) is 0 Å². The number of benzene rings is 2. The third-order valence-corrected chi connectivity index (χ3v) is 3.85. The van der Waals surface area contributed by atoms with E-state index >= 15 is 0 Å². The van der Waals surface area contributed by atoms with E-state index in [4.69, 9.17) is 4.74 Å². The molecule has 4 heteroatoms. The monoisotopic (exact) mass is 406 g/mol. The van der Waals surface area contributed by atoms with Crippen molar-refractivity contribution in [2.75, 3.05) is 0 Å². The van der Waals surface area contributed by atoms with Gasteiger partial charge in [0.15, 0.2) is 5.82 Å². The number of halogens is 3. The van der Waals surface area contributed by atoms with Crippen LogP contribution in [0.2, 0.25) is 0 Å². The van der Waals surface area contributed by atoms with Crippen molar-refractivity contribution >= 4 is 38.5 Å². The molecule has 0 atom stereocenters. The largest absolute Gasteiger partial charge is 0.488 e. The molecule has 0 saturated carbocycles. The minimum absolute atomic E-state index is 0.281. The minimum Gasteiger partial charge on any atom is -0.488 e. The van der Waals surface area contributed by atoms with Crippen molar-refractivity contribution in [3.8, 4) is 5.75 Å². The first-order chi connectivity index (χ1) is 8.18. The molecule has 0 radical (unpaired) electrons. The smallest absolute Gasteiger partial charge is 0.154 e. The molecule has 0 fully saturated rings. The van der Waals surface area contributed by atoms with Gasteiger partial charge in [0.25, 0.3) is 0 Å². The Hall–Kier alpha value is -0.620. The topological polar surface area (TPSA) is 9.23 Å². The Kier molecular flexibility index (Phi) is 4.39. The molecule has 2 aromatic carbocycles. The first-order valence-corrected chi connectivity index (χ1v) is 6.86. The second kappa shape index (κ2) is 5.82. The van der Waals surface area contributed by atoms with Gasteiger partial charge in [-0.2, -0.15) is 0 Å². The molecule has 88 valence electrons. The summed E-state index contributed by atoms with van der Waals surface area (Å²) in [6.07, 6.45) is 0. The Bertz CT molecular complexity index is 516. The highest BCUT2D eigenvalue weighted by atomic mass is 127. The van der Waals surface area contributed by atoms with Crippen LogP contribution in [0, 0.1) is 9.39 Å². The standard InChI is InChI=1S/C13H9BrFIO/c14-10-6-7-11(13(16)12(10)15)17-8-9-4-2-1-3-5-9/h1-7H,8H2. The number of ether oxygens (including phenoxy) is 1. The van der Waals surface area contributed by atoms with Gasteiger partial charge in [0, 0.05) is 0 Å². The van der Waals surface area contributed by atoms with Crippen molar-refractivity contribution in [1.82, 2.24) is 0 Å². The summed E-state index contributed by atoms with van der Waals surface area (Å²) in [6, 6.07) is 13.2. The molecule has 0 aliphatic heterocycles. The molecule has 0 amide bonds. The number of rotatable bonds is 3. The van der Waals surface area contributed by atoms with Crippen LogP contribution in [-0.4, -0.2) is 0 Å². The summed E-state index contributed by atoms with van der Waals surface area (Å²) in [7, 11) is 0. The highest BCUT2D eigenvalue weighted by Crippen LogP contribution is 2.29. The van der Waals surface area contributed by atoms with Gasteiger partial charge in [-0.1, -0.05) is 30.3 Å². The van der Waals surface area contributed by atoms with Crippen LogP contribution in [0.15, 0.2) is 46.9 Å². The van der Waals surface area contributed by atoms with E-state index in [0.29, 0.717) is 20.4 Å². The summed E-state index contributed by atoms with van der Waals surface area (Å²) in [5.74, 6) is 0.284. The summed E-state index contributed by atoms with van der Waals surface area (Å²) in [4.78, 5) is 0. The molecule has 0 bridgehead atoms. The zero-order chi connectivity index (χ0) is 12.3. The zero-order valence-corrected chi connectivity index (χ0v) is 12.5. The molecule has 0 aliphatic rings. The molecule has 0 spiro atoms. The van der Waals surface area contributed by atoms with Crippen LogP contribution in [0.5, 0.6) is 5.75 Å². The molecule has 0 aliphatic carbocycles. The molecular formula is C13H9BrFIO. The molecule has 2 rings (SSSR count). The fourth-order valence-electron chi connectivity index (χ4n) is 1.35. The summed E-state index contributed by atoms with van der Waals surface area (Å²) in [5.41, 5.74) is 1.06. The van der Waals surface area contributed by atoms with Crippen LogP contribution in [0.3, 0.4) is 0 Å². The SMILES string of the molecule is Fc1c(Br)ccc(OCc2ccccc2)c1I. The Morgan fingerprint density at radius 1 is 1.12 bits per heavy atom. The fourth-order valence-corrected chi connectivity index (χ4v) is 2.68. The van der Waals surface area contributed by atoms with Crippen LogP contribution < -0.4 is 4.74 Å². The summed E-state index contributed by atoms with van der Waals surface area (Å²) < 4.78 is 20.1. The highest BCUT2D eigenvalue weighted by molar-refractivity contribution is 14.1. The van der Waals surface area contributed by atoms with Gasteiger partial charge in [-0.3, -0.25) is 0 Å². The van der Waals surface area contributed by atoms with E-state index in [0.717, 1.165) is 5.56 Å². The van der Waals surface area contributed by atoms with Gasteiger partial charge in [0.1, 0.15) is 12.4 Å². The van der Waals surface area contributed by atoms with E-state index in [-0.39, 0.29) is 5.82 Å². The normalized spacial score (nSPS) is 10.3. The molecule has 0 aromatic heterocycles. The molecule has 0 unspecified atom stereocenters. The molecule has 0 N–H and O–H groups in total. The van der Waals surface area contributed by atoms with Gasteiger partial charge in [-0.15, -0.1) is 0 Å². The predicted molar refractivity (Wildman–Crippen MR) is 77.6 cm³/mol. The maximum absolute atomic E-state index is 13.6. The molecular weight excluding hydrogens is 398 g/mol. The van der Waals surface area contributed by atoms with Crippen LogP contribution in [-0.2, 0) is 6.61 Å². The molecule has 2 aromatic rings. The Morgan fingerprint density at radius 3 is 2.53 bits per heavy atom. The van der Waals surface area contributed by atoms with Crippen molar-refractivity contribution < 1.29 is 9.13 Å². The molecule has 0 heterocycles. The third-order valence-electron chi connectivity index (χ3n) is 2.24. The van der Waals surface area contributed by atoms with Crippen LogP contribution in [0.1, 0.15) is 5.56 Å². The maximum atomic E-state index is 13.6. The lowest BCUT2D eigenvalue weighted by Gasteiger charge is -2.09. The van der Waals surface area contributed by atoms with E-state index < -0.39 is 0 Å². The van der Waals surface area contributed by atoms with Crippen molar-refractivity contribution in [2.24, 2.45) is 0 Å². The van der Waals surface area contributed by atoms with E-state index in [1.54, 1.807) is 12.1 Å². The fraction of sp³-hybridized carbons (Fsp3) is 0.0769. The number of hydrogen-bond acceptors (Lipinski definition) is 1. The van der Waals surface area contributed by atoms with Crippen LogP contribution >= 0.6 is 38.5 Å². The van der Waals surface area contributed by atoms with Gasteiger partial charge in [0.05, 0.1) is 8.04 Å². The highest BCUT2D eigenvalue weighted by Gasteiger charge is 2.10. The van der Waals surface area contributed by atoms with Gasteiger partial charge in [-0.25, -0.2) is 4.39 Å². The Labute approximate surface area is 121 Å². The molecule has 1 nitrogen and oxygen atoms in total. The number of hydrogen-bond donors (Lipinski definition) is 0. The van der Waals surface area contributed by atoms with Gasteiger partial charge < -0.3 is 4.74 Å². The zero-order valence-electron chi connectivity index (χ0n) is 8.79. The lowest BCUT2D eigenvalue weighted by atomic mass is 10.2. The first kappa shape index (κ1) is 12.8. The van der Waals surface area contributed by atoms with E-state index in [1.807, 2.05) is 52.9 Å². The summed E-state index contributed by atoms with van der Waals surface area (Å²) >= 11 is 5.08. The van der Waals surface area contributed by atoms with E-state index in [2.05, 4.69) is 15.9 Å². The van der Waals surface area contributed by atoms with E-state index in [9.17, 15) is 4.39 Å².